The average molecular weight is 448 g/mol. The van der Waals surface area contributed by atoms with Gasteiger partial charge in [0.2, 0.25) is 6.41 Å². The molecule has 0 aliphatic carbocycles. The van der Waals surface area contributed by atoms with Gasteiger partial charge in [-0.2, -0.15) is 0 Å². The van der Waals surface area contributed by atoms with Gasteiger partial charge in [-0.05, 0) is 62.6 Å². The van der Waals surface area contributed by atoms with Crippen LogP contribution < -0.4 is 10.2 Å². The Labute approximate surface area is 196 Å². The van der Waals surface area contributed by atoms with Crippen molar-refractivity contribution in [2.45, 2.75) is 32.2 Å². The molecule has 2 aromatic rings. The van der Waals surface area contributed by atoms with Crippen molar-refractivity contribution in [2.24, 2.45) is 0 Å². The second-order valence-electron chi connectivity index (χ2n) is 8.17. The van der Waals surface area contributed by atoms with Crippen LogP contribution in [0.5, 0.6) is 5.75 Å². The Morgan fingerprint density at radius 1 is 1.30 bits per heavy atom. The quantitative estimate of drug-likeness (QED) is 0.325. The molecule has 7 heteroatoms. The molecule has 174 valence electrons. The van der Waals surface area contributed by atoms with Gasteiger partial charge in [0.15, 0.2) is 0 Å². The van der Waals surface area contributed by atoms with Crippen molar-refractivity contribution in [3.63, 3.8) is 0 Å². The number of hydrogen-bond donors (Lipinski definition) is 2. The number of aromatic hydroxyl groups is 1. The Bertz CT molecular complexity index is 1010. The van der Waals surface area contributed by atoms with Crippen molar-refractivity contribution in [3.8, 4) is 5.75 Å². The van der Waals surface area contributed by atoms with Crippen molar-refractivity contribution in [2.75, 3.05) is 36.9 Å². The van der Waals surface area contributed by atoms with E-state index >= 15 is 0 Å². The van der Waals surface area contributed by atoms with E-state index in [1.54, 1.807) is 24.5 Å². The summed E-state index contributed by atoms with van der Waals surface area (Å²) in [6, 6.07) is 7.54. The molecule has 1 aliphatic rings. The monoisotopic (exact) mass is 447 g/mol. The zero-order valence-electron chi connectivity index (χ0n) is 19.4. The molecule has 2 N–H and O–H groups in total. The van der Waals surface area contributed by atoms with E-state index in [4.69, 9.17) is 0 Å². The zero-order valence-corrected chi connectivity index (χ0v) is 19.4. The highest BCUT2D eigenvalue weighted by Gasteiger charge is 2.23. The molecule has 1 aromatic heterocycles. The van der Waals surface area contributed by atoms with Crippen LogP contribution >= 0.6 is 0 Å². The molecule has 0 unspecified atom stereocenters. The predicted octanol–water partition coefficient (Wildman–Crippen LogP) is 4.04. The molecular formula is C26H33N5O2. The van der Waals surface area contributed by atoms with Crippen LogP contribution in [-0.2, 0) is 11.2 Å². The maximum atomic E-state index is 10.9. The Balaban J connectivity index is 1.58. The third kappa shape index (κ3) is 6.52. The summed E-state index contributed by atoms with van der Waals surface area (Å²) >= 11 is 0. The second kappa shape index (κ2) is 12.0. The van der Waals surface area contributed by atoms with Crippen molar-refractivity contribution >= 4 is 23.5 Å². The number of amides is 1. The molecule has 0 atom stereocenters. The number of benzene rings is 1. The van der Waals surface area contributed by atoms with Crippen molar-refractivity contribution < 1.29 is 9.90 Å². The van der Waals surface area contributed by atoms with Gasteiger partial charge in [0.25, 0.3) is 0 Å². The van der Waals surface area contributed by atoms with Crippen LogP contribution in [0.3, 0.4) is 0 Å². The highest BCUT2D eigenvalue weighted by molar-refractivity contribution is 5.74. The van der Waals surface area contributed by atoms with E-state index in [0.29, 0.717) is 12.5 Å². The van der Waals surface area contributed by atoms with Gasteiger partial charge in [-0.1, -0.05) is 30.9 Å². The fraction of sp³-hybridized carbons (Fsp3) is 0.346. The highest BCUT2D eigenvalue weighted by atomic mass is 16.3. The maximum absolute atomic E-state index is 10.9. The van der Waals surface area contributed by atoms with Gasteiger partial charge in [-0.15, -0.1) is 0 Å². The summed E-state index contributed by atoms with van der Waals surface area (Å²) in [4.78, 5) is 24.5. The van der Waals surface area contributed by atoms with Crippen LogP contribution in [0.1, 0.15) is 31.0 Å². The Kier molecular flexibility index (Phi) is 8.78. The number of carbonyl (C=O) groups excluding carboxylic acids is 1. The van der Waals surface area contributed by atoms with Gasteiger partial charge >= 0.3 is 0 Å². The smallest absolute Gasteiger partial charge is 0.211 e. The van der Waals surface area contributed by atoms with Crippen LogP contribution in [0, 0.1) is 0 Å². The summed E-state index contributed by atoms with van der Waals surface area (Å²) < 4.78 is 0. The first kappa shape index (κ1) is 24.2. The third-order valence-electron chi connectivity index (χ3n) is 6.09. The molecular weight excluding hydrogens is 414 g/mol. The van der Waals surface area contributed by atoms with Gasteiger partial charge in [0.1, 0.15) is 17.9 Å². The molecule has 0 saturated carbocycles. The third-order valence-corrected chi connectivity index (χ3v) is 6.09. The van der Waals surface area contributed by atoms with Gasteiger partial charge < -0.3 is 20.2 Å². The Morgan fingerprint density at radius 2 is 2.09 bits per heavy atom. The Hall–Kier alpha value is -3.45. The van der Waals surface area contributed by atoms with Crippen LogP contribution in [-0.4, -0.2) is 59.1 Å². The number of piperidine rings is 1. The lowest BCUT2D eigenvalue weighted by atomic mass is 10.0. The summed E-state index contributed by atoms with van der Waals surface area (Å²) in [5.41, 5.74) is 3.52. The van der Waals surface area contributed by atoms with E-state index in [-0.39, 0.29) is 5.75 Å². The molecule has 2 heterocycles. The molecule has 33 heavy (non-hydrogen) atoms. The predicted molar refractivity (Wildman–Crippen MR) is 134 cm³/mol. The number of phenolic OH excluding ortho intramolecular Hbond substituents is 1. The van der Waals surface area contributed by atoms with Gasteiger partial charge in [-0.3, -0.25) is 4.79 Å². The van der Waals surface area contributed by atoms with Crippen LogP contribution in [0.4, 0.5) is 11.5 Å². The molecule has 1 aromatic carbocycles. The van der Waals surface area contributed by atoms with Crippen molar-refractivity contribution in [1.29, 1.82) is 0 Å². The van der Waals surface area contributed by atoms with Crippen molar-refractivity contribution in [3.05, 3.63) is 72.7 Å². The van der Waals surface area contributed by atoms with Crippen LogP contribution in [0.25, 0.3) is 5.57 Å². The molecule has 1 aliphatic heterocycles. The number of phenols is 1. The fourth-order valence-electron chi connectivity index (χ4n) is 4.14. The first-order valence-electron chi connectivity index (χ1n) is 11.3. The summed E-state index contributed by atoms with van der Waals surface area (Å²) in [6.07, 6.45) is 12.9. The molecule has 0 spiro atoms. The van der Waals surface area contributed by atoms with Gasteiger partial charge in [0.05, 0.1) is 5.69 Å². The fourth-order valence-corrected chi connectivity index (χ4v) is 4.14. The number of anilines is 2. The number of carbonyl (C=O) groups is 1. The standard InChI is InChI=1S/C26H33N5O2/c1-4-6-7-20(5-2)25-17-26(28-18-27-25)31-14-11-22(12-15-31)30(3)13-10-21-16-23(33)8-9-24(21)29-19-32/h4-9,16-19,22,33H,2,10-15H2,1,3H3,(H,29,32)/b6-4-,20-7+. The largest absolute Gasteiger partial charge is 0.508 e. The van der Waals surface area contributed by atoms with Crippen LogP contribution in [0.2, 0.25) is 0 Å². The summed E-state index contributed by atoms with van der Waals surface area (Å²) in [6.45, 7) is 8.59. The second-order valence-corrected chi connectivity index (χ2v) is 8.17. The normalized spacial score (nSPS) is 15.2. The minimum atomic E-state index is 0.210. The molecule has 3 rings (SSSR count). The van der Waals surface area contributed by atoms with E-state index in [2.05, 4.69) is 38.7 Å². The van der Waals surface area contributed by atoms with Gasteiger partial charge in [-0.25, -0.2) is 9.97 Å². The van der Waals surface area contributed by atoms with E-state index in [9.17, 15) is 9.90 Å². The van der Waals surface area contributed by atoms with Crippen molar-refractivity contribution in [1.82, 2.24) is 14.9 Å². The molecule has 7 nitrogen and oxygen atoms in total. The highest BCUT2D eigenvalue weighted by Crippen LogP contribution is 2.25. The van der Waals surface area contributed by atoms with E-state index in [0.717, 1.165) is 67.2 Å². The number of likely N-dealkylation sites (N-methyl/N-ethyl adjacent to an activating group) is 1. The van der Waals surface area contributed by atoms with Gasteiger partial charge in [0, 0.05) is 37.4 Å². The summed E-state index contributed by atoms with van der Waals surface area (Å²) in [7, 11) is 2.14. The SMILES string of the molecule is C=C/C(=C\C=C/C)c1cc(N2CCC(N(C)CCc3cc(O)ccc3NC=O)CC2)ncn1. The van der Waals surface area contributed by atoms with E-state index < -0.39 is 0 Å². The first-order valence-corrected chi connectivity index (χ1v) is 11.3. The lowest BCUT2D eigenvalue weighted by molar-refractivity contribution is -0.105. The number of nitrogens with one attached hydrogen (secondary N) is 1. The molecule has 1 fully saturated rings. The van der Waals surface area contributed by atoms with Crippen LogP contribution in [0.15, 0.2) is 61.5 Å². The number of aromatic nitrogens is 2. The zero-order chi connectivity index (χ0) is 23.6. The number of nitrogens with zero attached hydrogens (tertiary/aromatic N) is 4. The Morgan fingerprint density at radius 3 is 2.79 bits per heavy atom. The summed E-state index contributed by atoms with van der Waals surface area (Å²) in [5, 5.41) is 12.5. The lowest BCUT2D eigenvalue weighted by Crippen LogP contribution is -2.44. The number of hydrogen-bond acceptors (Lipinski definition) is 6. The average Bonchev–Trinajstić information content (AvgIpc) is 2.85. The molecule has 0 bridgehead atoms. The van der Waals surface area contributed by atoms with E-state index in [1.807, 2.05) is 37.3 Å². The molecule has 0 radical (unpaired) electrons. The molecule has 1 saturated heterocycles. The lowest BCUT2D eigenvalue weighted by Gasteiger charge is -2.37. The summed E-state index contributed by atoms with van der Waals surface area (Å²) in [5.74, 6) is 1.15. The maximum Gasteiger partial charge on any atom is 0.211 e. The number of rotatable bonds is 10. The number of allylic oxidation sites excluding steroid dienone is 5. The topological polar surface area (TPSA) is 81.6 Å². The minimum absolute atomic E-state index is 0.210. The van der Waals surface area contributed by atoms with E-state index in [1.165, 1.54) is 0 Å². The molecule has 1 amide bonds. The first-order chi connectivity index (χ1) is 16.0. The minimum Gasteiger partial charge on any atom is -0.508 e.